The van der Waals surface area contributed by atoms with Crippen molar-refractivity contribution in [2.45, 2.75) is 62.0 Å². The molecule has 1 aliphatic carbocycles. The van der Waals surface area contributed by atoms with Crippen LogP contribution in [0.3, 0.4) is 0 Å². The fourth-order valence-electron chi connectivity index (χ4n) is 4.33. The highest BCUT2D eigenvalue weighted by Crippen LogP contribution is 2.63. The monoisotopic (exact) mass is 384 g/mol. The van der Waals surface area contributed by atoms with Crippen LogP contribution in [0.15, 0.2) is 29.2 Å². The van der Waals surface area contributed by atoms with Gasteiger partial charge in [0.05, 0.1) is 10.6 Å². The lowest BCUT2D eigenvalue weighted by Gasteiger charge is -2.49. The number of aryl methyl sites for hydroxylation is 1. The second-order valence-electron chi connectivity index (χ2n) is 7.32. The summed E-state index contributed by atoms with van der Waals surface area (Å²) in [5.74, 6) is 1.50. The highest BCUT2D eigenvalue weighted by atomic mass is 32.3. The van der Waals surface area contributed by atoms with Gasteiger partial charge in [0.2, 0.25) is 0 Å². The average Bonchev–Trinajstić information content (AvgIpc) is 3.09. The van der Waals surface area contributed by atoms with Crippen molar-refractivity contribution in [1.29, 1.82) is 0 Å². The molecule has 0 amide bonds. The molecule has 140 valence electrons. The summed E-state index contributed by atoms with van der Waals surface area (Å²) in [6.07, 6.45) is 8.66. The molecule has 4 nitrogen and oxygen atoms in total. The van der Waals surface area contributed by atoms with E-state index in [-0.39, 0.29) is 15.9 Å². The molecule has 1 aromatic carbocycles. The van der Waals surface area contributed by atoms with Crippen LogP contribution in [0.2, 0.25) is 0 Å². The molecule has 1 heterocycles. The Bertz CT molecular complexity index is 693. The van der Waals surface area contributed by atoms with Crippen molar-refractivity contribution in [2.24, 2.45) is 5.92 Å². The first-order valence-corrected chi connectivity index (χ1v) is 12.6. The minimum atomic E-state index is -3.84. The van der Waals surface area contributed by atoms with E-state index in [4.69, 9.17) is 3.63 Å². The van der Waals surface area contributed by atoms with Crippen molar-refractivity contribution in [1.82, 2.24) is 0 Å². The Morgan fingerprint density at radius 3 is 2.36 bits per heavy atom. The van der Waals surface area contributed by atoms with Crippen molar-refractivity contribution < 1.29 is 16.8 Å². The van der Waals surface area contributed by atoms with Gasteiger partial charge in [-0.15, -0.1) is 10.3 Å². The minimum Gasteiger partial charge on any atom is -0.302 e. The Labute approximate surface area is 153 Å². The first-order valence-electron chi connectivity index (χ1n) is 9.21. The van der Waals surface area contributed by atoms with Crippen LogP contribution in [0.4, 0.5) is 0 Å². The maximum Gasteiger partial charge on any atom is 0.306 e. The molecular formula is C19H28O4S2. The van der Waals surface area contributed by atoms with Crippen LogP contribution in [-0.4, -0.2) is 31.5 Å². The summed E-state index contributed by atoms with van der Waals surface area (Å²) < 4.78 is 31.9. The predicted octanol–water partition coefficient (Wildman–Crippen LogP) is 4.36. The van der Waals surface area contributed by atoms with E-state index in [1.165, 1.54) is 12.8 Å². The van der Waals surface area contributed by atoms with E-state index in [9.17, 15) is 13.2 Å². The zero-order valence-electron chi connectivity index (χ0n) is 14.9. The van der Waals surface area contributed by atoms with Crippen molar-refractivity contribution in [3.8, 4) is 0 Å². The molecule has 25 heavy (non-hydrogen) atoms. The van der Waals surface area contributed by atoms with E-state index in [0.29, 0.717) is 5.92 Å². The van der Waals surface area contributed by atoms with Crippen LogP contribution in [0.1, 0.15) is 50.5 Å². The van der Waals surface area contributed by atoms with Crippen LogP contribution in [-0.2, 0) is 18.5 Å². The maximum absolute atomic E-state index is 12.9. The number of hydrogen-bond acceptors (Lipinski definition) is 4. The number of aldehydes is 1. The highest BCUT2D eigenvalue weighted by molar-refractivity contribution is 8.33. The standard InChI is InChI=1S/C19H28O4S2/c1-16-9-11-18(12-10-16)25(21,22)23-24(15-13-20)14-5-4-8-19(24)17-6-2-3-7-17/h9-13,17,19H,2-8,14-15H2,1H3. The lowest BCUT2D eigenvalue weighted by molar-refractivity contribution is -0.105. The molecular weight excluding hydrogens is 356 g/mol. The third kappa shape index (κ3) is 4.12. The van der Waals surface area contributed by atoms with E-state index in [1.807, 2.05) is 6.92 Å². The van der Waals surface area contributed by atoms with E-state index < -0.39 is 20.4 Å². The van der Waals surface area contributed by atoms with Gasteiger partial charge in [-0.05, 0) is 50.7 Å². The lowest BCUT2D eigenvalue weighted by Crippen LogP contribution is -2.36. The topological polar surface area (TPSA) is 60.4 Å². The van der Waals surface area contributed by atoms with Crippen molar-refractivity contribution in [2.75, 3.05) is 11.5 Å². The number of benzene rings is 1. The van der Waals surface area contributed by atoms with E-state index >= 15 is 0 Å². The van der Waals surface area contributed by atoms with Gasteiger partial charge in [0.15, 0.2) is 0 Å². The molecule has 1 saturated heterocycles. The molecule has 6 heteroatoms. The summed E-state index contributed by atoms with van der Waals surface area (Å²) in [6, 6.07) is 6.78. The van der Waals surface area contributed by atoms with Crippen LogP contribution in [0, 0.1) is 12.8 Å². The van der Waals surface area contributed by atoms with Gasteiger partial charge in [0.1, 0.15) is 6.29 Å². The molecule has 1 aromatic rings. The van der Waals surface area contributed by atoms with Crippen LogP contribution in [0.25, 0.3) is 0 Å². The van der Waals surface area contributed by atoms with E-state index in [0.717, 1.165) is 49.7 Å². The summed E-state index contributed by atoms with van der Waals surface area (Å²) in [4.78, 5) is 11.7. The normalized spacial score (nSPS) is 30.7. The molecule has 0 spiro atoms. The van der Waals surface area contributed by atoms with Gasteiger partial charge in [0, 0.05) is 11.0 Å². The molecule has 0 radical (unpaired) electrons. The first-order chi connectivity index (χ1) is 12.0. The van der Waals surface area contributed by atoms with Gasteiger partial charge in [-0.1, -0.05) is 37.0 Å². The van der Waals surface area contributed by atoms with Gasteiger partial charge in [-0.3, -0.25) is 0 Å². The zero-order valence-corrected chi connectivity index (χ0v) is 16.5. The zero-order chi connectivity index (χ0) is 17.9. The Morgan fingerprint density at radius 2 is 1.72 bits per heavy atom. The Morgan fingerprint density at radius 1 is 1.08 bits per heavy atom. The quantitative estimate of drug-likeness (QED) is 0.684. The summed E-state index contributed by atoms with van der Waals surface area (Å²) >= 11 is 0. The van der Waals surface area contributed by atoms with E-state index in [2.05, 4.69) is 0 Å². The molecule has 1 aliphatic heterocycles. The molecule has 2 fully saturated rings. The molecule has 2 atom stereocenters. The molecule has 0 bridgehead atoms. The van der Waals surface area contributed by atoms with Crippen molar-refractivity contribution in [3.05, 3.63) is 29.8 Å². The number of hydrogen-bond donors (Lipinski definition) is 0. The summed E-state index contributed by atoms with van der Waals surface area (Å²) in [5.41, 5.74) is 1.01. The van der Waals surface area contributed by atoms with Crippen LogP contribution >= 0.6 is 10.3 Å². The van der Waals surface area contributed by atoms with Gasteiger partial charge in [0.25, 0.3) is 0 Å². The predicted molar refractivity (Wildman–Crippen MR) is 102 cm³/mol. The average molecular weight is 385 g/mol. The molecule has 2 unspecified atom stereocenters. The van der Waals surface area contributed by atoms with Crippen molar-refractivity contribution in [3.63, 3.8) is 0 Å². The fourth-order valence-corrected chi connectivity index (χ4v) is 10.6. The van der Waals surface area contributed by atoms with Gasteiger partial charge in [-0.2, -0.15) is 8.42 Å². The minimum absolute atomic E-state index is 0.201. The smallest absolute Gasteiger partial charge is 0.302 e. The molecule has 0 aromatic heterocycles. The van der Waals surface area contributed by atoms with E-state index in [1.54, 1.807) is 24.3 Å². The number of carbonyl (C=O) groups excluding carboxylic acids is 1. The van der Waals surface area contributed by atoms with Gasteiger partial charge < -0.3 is 4.79 Å². The molecule has 1 saturated carbocycles. The Hall–Kier alpha value is -0.850. The molecule has 3 rings (SSSR count). The third-order valence-electron chi connectivity index (χ3n) is 5.59. The highest BCUT2D eigenvalue weighted by Gasteiger charge is 2.45. The number of carbonyl (C=O) groups is 1. The Balaban J connectivity index is 1.92. The fraction of sp³-hybridized carbons (Fsp3) is 0.632. The van der Waals surface area contributed by atoms with Crippen molar-refractivity contribution >= 4 is 26.7 Å². The van der Waals surface area contributed by atoms with Crippen LogP contribution < -0.4 is 0 Å². The molecule has 0 N–H and O–H groups in total. The largest absolute Gasteiger partial charge is 0.306 e. The third-order valence-corrected chi connectivity index (χ3v) is 11.6. The van der Waals surface area contributed by atoms with Gasteiger partial charge in [-0.25, -0.2) is 3.63 Å². The second kappa shape index (κ2) is 7.80. The first kappa shape index (κ1) is 18.9. The number of rotatable bonds is 6. The summed E-state index contributed by atoms with van der Waals surface area (Å²) in [5, 5.41) is 0.245. The lowest BCUT2D eigenvalue weighted by atomic mass is 9.99. The summed E-state index contributed by atoms with van der Waals surface area (Å²) in [6.45, 7) is 1.92. The Kier molecular flexibility index (Phi) is 5.91. The van der Waals surface area contributed by atoms with Crippen LogP contribution in [0.5, 0.6) is 0 Å². The summed E-state index contributed by atoms with van der Waals surface area (Å²) in [7, 11) is -5.79. The van der Waals surface area contributed by atoms with Gasteiger partial charge >= 0.3 is 10.1 Å². The molecule has 2 aliphatic rings. The second-order valence-corrected chi connectivity index (χ2v) is 12.3. The maximum atomic E-state index is 12.9. The SMILES string of the molecule is Cc1ccc(S(=O)(=O)OS2(CC=O)CCCCC2C2CCCC2)cc1.